The van der Waals surface area contributed by atoms with Crippen molar-refractivity contribution in [3.8, 4) is 5.75 Å². The molecule has 2 aromatic rings. The van der Waals surface area contributed by atoms with Crippen molar-refractivity contribution in [1.82, 2.24) is 4.98 Å². The van der Waals surface area contributed by atoms with Gasteiger partial charge in [-0.1, -0.05) is 6.07 Å². The number of phenolic OH excluding ortho intramolecular Hbond substituents is 1. The van der Waals surface area contributed by atoms with Crippen LogP contribution in [0.15, 0.2) is 41.1 Å². The van der Waals surface area contributed by atoms with Gasteiger partial charge in [0.25, 0.3) is 5.91 Å². The summed E-state index contributed by atoms with van der Waals surface area (Å²) >= 11 is 3.20. The summed E-state index contributed by atoms with van der Waals surface area (Å²) in [6.07, 6.45) is 1.48. The third-order valence-corrected chi connectivity index (χ3v) is 2.93. The van der Waals surface area contributed by atoms with Gasteiger partial charge in [-0.2, -0.15) is 0 Å². The van der Waals surface area contributed by atoms with E-state index in [1.54, 1.807) is 31.2 Å². The molecule has 5 heteroatoms. The topological polar surface area (TPSA) is 62.2 Å². The van der Waals surface area contributed by atoms with Gasteiger partial charge < -0.3 is 10.4 Å². The zero-order valence-electron chi connectivity index (χ0n) is 9.64. The zero-order valence-corrected chi connectivity index (χ0v) is 11.2. The number of aryl methyl sites for hydroxylation is 1. The maximum atomic E-state index is 11.9. The van der Waals surface area contributed by atoms with Crippen molar-refractivity contribution in [2.24, 2.45) is 0 Å². The number of nitrogens with zero attached hydrogens (tertiary/aromatic N) is 1. The first-order valence-corrected chi connectivity index (χ1v) is 6.08. The van der Waals surface area contributed by atoms with Crippen molar-refractivity contribution in [3.63, 3.8) is 0 Å². The Balaban J connectivity index is 2.16. The number of amides is 1. The molecule has 1 heterocycles. The molecule has 4 nitrogen and oxygen atoms in total. The van der Waals surface area contributed by atoms with E-state index in [9.17, 15) is 9.90 Å². The number of anilines is 1. The van der Waals surface area contributed by atoms with Crippen LogP contribution in [0.2, 0.25) is 0 Å². The van der Waals surface area contributed by atoms with Gasteiger partial charge in [-0.05, 0) is 46.6 Å². The van der Waals surface area contributed by atoms with E-state index in [-0.39, 0.29) is 11.7 Å². The second-order valence-electron chi connectivity index (χ2n) is 3.82. The number of benzene rings is 1. The van der Waals surface area contributed by atoms with E-state index in [2.05, 4.69) is 26.2 Å². The van der Waals surface area contributed by atoms with Crippen LogP contribution in [0.5, 0.6) is 5.75 Å². The molecule has 0 unspecified atom stereocenters. The van der Waals surface area contributed by atoms with Crippen molar-refractivity contribution in [2.75, 3.05) is 5.32 Å². The summed E-state index contributed by atoms with van der Waals surface area (Å²) in [6.45, 7) is 1.79. The summed E-state index contributed by atoms with van der Waals surface area (Å²) in [5.41, 5.74) is 1.77. The van der Waals surface area contributed by atoms with Crippen molar-refractivity contribution in [2.45, 2.75) is 6.92 Å². The third-order valence-electron chi connectivity index (χ3n) is 2.46. The minimum atomic E-state index is -0.266. The molecule has 18 heavy (non-hydrogen) atoms. The summed E-state index contributed by atoms with van der Waals surface area (Å²) in [7, 11) is 0. The zero-order chi connectivity index (χ0) is 13.1. The molecule has 0 spiro atoms. The Kier molecular flexibility index (Phi) is 3.62. The predicted octanol–water partition coefficient (Wildman–Crippen LogP) is 3.11. The van der Waals surface area contributed by atoms with Crippen LogP contribution < -0.4 is 5.32 Å². The lowest BCUT2D eigenvalue weighted by atomic mass is 10.2. The average molecular weight is 307 g/mol. The minimum Gasteiger partial charge on any atom is -0.508 e. The van der Waals surface area contributed by atoms with Crippen LogP contribution >= 0.6 is 15.9 Å². The van der Waals surface area contributed by atoms with Crippen molar-refractivity contribution in [1.29, 1.82) is 0 Å². The molecule has 0 aliphatic heterocycles. The Morgan fingerprint density at radius 2 is 2.11 bits per heavy atom. The van der Waals surface area contributed by atoms with Gasteiger partial charge in [0.15, 0.2) is 0 Å². The number of nitrogens with one attached hydrogen (secondary N) is 1. The quantitative estimate of drug-likeness (QED) is 0.838. The van der Waals surface area contributed by atoms with Crippen molar-refractivity contribution < 1.29 is 9.90 Å². The largest absolute Gasteiger partial charge is 0.508 e. The molecule has 0 bridgehead atoms. The minimum absolute atomic E-state index is 0.154. The molecule has 0 aliphatic rings. The summed E-state index contributed by atoms with van der Waals surface area (Å²) in [4.78, 5) is 15.9. The second kappa shape index (κ2) is 5.18. The summed E-state index contributed by atoms with van der Waals surface area (Å²) in [5.74, 6) is -0.111. The highest BCUT2D eigenvalue weighted by molar-refractivity contribution is 9.10. The van der Waals surface area contributed by atoms with Crippen LogP contribution in [0.4, 0.5) is 5.69 Å². The Morgan fingerprint density at radius 1 is 1.33 bits per heavy atom. The number of hydrogen-bond donors (Lipinski definition) is 2. The van der Waals surface area contributed by atoms with Crippen LogP contribution in [0.1, 0.15) is 15.9 Å². The summed E-state index contributed by atoms with van der Waals surface area (Å²) in [5, 5.41) is 12.2. The summed E-state index contributed by atoms with van der Waals surface area (Å²) < 4.78 is 0.673. The van der Waals surface area contributed by atoms with E-state index in [1.165, 1.54) is 12.3 Å². The number of carbonyl (C=O) groups is 1. The van der Waals surface area contributed by atoms with Gasteiger partial charge in [0.2, 0.25) is 0 Å². The number of hydrogen-bond acceptors (Lipinski definition) is 3. The maximum absolute atomic E-state index is 11.9. The van der Waals surface area contributed by atoms with Gasteiger partial charge >= 0.3 is 0 Å². The molecule has 1 aromatic heterocycles. The van der Waals surface area contributed by atoms with Crippen LogP contribution in [0.25, 0.3) is 0 Å². The van der Waals surface area contributed by atoms with E-state index < -0.39 is 0 Å². The lowest BCUT2D eigenvalue weighted by Gasteiger charge is -2.06. The molecule has 0 atom stereocenters. The molecule has 0 saturated carbocycles. The Morgan fingerprint density at radius 3 is 2.72 bits per heavy atom. The van der Waals surface area contributed by atoms with E-state index in [1.807, 2.05) is 0 Å². The van der Waals surface area contributed by atoms with Crippen LogP contribution in [0, 0.1) is 6.92 Å². The molecule has 1 aromatic carbocycles. The highest BCUT2D eigenvalue weighted by Crippen LogP contribution is 2.21. The highest BCUT2D eigenvalue weighted by atomic mass is 79.9. The smallest absolute Gasteiger partial charge is 0.257 e. The molecule has 92 valence electrons. The normalized spacial score (nSPS) is 10.1. The fraction of sp³-hybridized carbons (Fsp3) is 0.0769. The number of halogens is 1. The van der Waals surface area contributed by atoms with Gasteiger partial charge in [0.1, 0.15) is 10.4 Å². The van der Waals surface area contributed by atoms with E-state index in [0.717, 1.165) is 5.56 Å². The number of aromatic hydroxyl groups is 1. The third kappa shape index (κ3) is 2.87. The average Bonchev–Trinajstić information content (AvgIpc) is 2.34. The van der Waals surface area contributed by atoms with Crippen LogP contribution in [0.3, 0.4) is 0 Å². The Hall–Kier alpha value is -1.88. The molecular formula is C13H11BrN2O2. The molecule has 2 rings (SSSR count). The molecule has 0 aliphatic carbocycles. The monoisotopic (exact) mass is 306 g/mol. The number of pyridine rings is 1. The summed E-state index contributed by atoms with van der Waals surface area (Å²) in [6, 6.07) is 8.35. The number of carbonyl (C=O) groups excluding carboxylic acids is 1. The molecule has 2 N–H and O–H groups in total. The van der Waals surface area contributed by atoms with E-state index in [0.29, 0.717) is 15.9 Å². The van der Waals surface area contributed by atoms with Gasteiger partial charge in [0.05, 0.1) is 5.56 Å². The van der Waals surface area contributed by atoms with Crippen LogP contribution in [-0.4, -0.2) is 16.0 Å². The molecule has 0 saturated heterocycles. The van der Waals surface area contributed by atoms with Gasteiger partial charge in [0, 0.05) is 18.0 Å². The molecular weight excluding hydrogens is 296 g/mol. The molecule has 0 fully saturated rings. The van der Waals surface area contributed by atoms with Gasteiger partial charge in [-0.15, -0.1) is 0 Å². The first kappa shape index (κ1) is 12.6. The number of rotatable bonds is 2. The highest BCUT2D eigenvalue weighted by Gasteiger charge is 2.07. The van der Waals surface area contributed by atoms with Crippen LogP contribution in [-0.2, 0) is 0 Å². The molecule has 0 radical (unpaired) electrons. The van der Waals surface area contributed by atoms with Crippen molar-refractivity contribution in [3.05, 3.63) is 52.3 Å². The lowest BCUT2D eigenvalue weighted by Crippen LogP contribution is -2.12. The second-order valence-corrected chi connectivity index (χ2v) is 4.64. The van der Waals surface area contributed by atoms with E-state index in [4.69, 9.17) is 0 Å². The standard InChI is InChI=1S/C13H11BrN2O2/c1-8-2-4-10(6-11(8)17)16-13(18)9-3-5-12(14)15-7-9/h2-7,17H,1H3,(H,16,18). The van der Waals surface area contributed by atoms with Crippen molar-refractivity contribution >= 4 is 27.5 Å². The van der Waals surface area contributed by atoms with Gasteiger partial charge in [-0.25, -0.2) is 4.98 Å². The number of aromatic nitrogens is 1. The lowest BCUT2D eigenvalue weighted by molar-refractivity contribution is 0.102. The maximum Gasteiger partial charge on any atom is 0.257 e. The predicted molar refractivity (Wildman–Crippen MR) is 72.7 cm³/mol. The van der Waals surface area contributed by atoms with Gasteiger partial charge in [-0.3, -0.25) is 4.79 Å². The first-order valence-electron chi connectivity index (χ1n) is 5.29. The first-order chi connectivity index (χ1) is 8.56. The fourth-order valence-electron chi connectivity index (χ4n) is 1.40. The molecule has 1 amide bonds. The fourth-order valence-corrected chi connectivity index (χ4v) is 1.64. The number of phenols is 1. The SMILES string of the molecule is Cc1ccc(NC(=O)c2ccc(Br)nc2)cc1O. The van der Waals surface area contributed by atoms with E-state index >= 15 is 0 Å². The Bertz CT molecular complexity index is 582. The Labute approximate surface area is 113 Å².